The Balaban J connectivity index is 4.37. The number of ether oxygens (including phenoxy) is 3. The number of carboxylic acid groups (broad SMARTS) is 1. The number of hydrogen-bond acceptors (Lipinski definition) is 7. The zero-order valence-corrected chi connectivity index (χ0v) is 37.9. The number of esters is 2. The van der Waals surface area contributed by atoms with Gasteiger partial charge in [0.15, 0.2) is 6.10 Å². The molecule has 0 spiro atoms. The van der Waals surface area contributed by atoms with Crippen LogP contribution in [0.25, 0.3) is 0 Å². The van der Waals surface area contributed by atoms with Gasteiger partial charge in [0.2, 0.25) is 0 Å². The lowest BCUT2D eigenvalue weighted by molar-refractivity contribution is -0.889. The summed E-state index contributed by atoms with van der Waals surface area (Å²) in [5, 5.41) is 11.6. The molecule has 0 amide bonds. The number of carbonyl (C=O) groups excluding carboxylic acids is 3. The van der Waals surface area contributed by atoms with Crippen molar-refractivity contribution in [3.05, 3.63) is 60.8 Å². The lowest BCUT2D eigenvalue weighted by atomic mass is 10.1. The normalized spacial score (nSPS) is 13.5. The van der Waals surface area contributed by atoms with Crippen molar-refractivity contribution in [2.24, 2.45) is 0 Å². The Morgan fingerprint density at radius 1 is 0.534 bits per heavy atom. The van der Waals surface area contributed by atoms with Crippen molar-refractivity contribution in [1.29, 1.82) is 0 Å². The maximum Gasteiger partial charge on any atom is 0.306 e. The molecule has 0 aliphatic rings. The third kappa shape index (κ3) is 38.5. The molecule has 0 fully saturated rings. The fraction of sp³-hybridized carbons (Fsp3) is 0.740. The van der Waals surface area contributed by atoms with E-state index in [1.807, 2.05) is 0 Å². The summed E-state index contributed by atoms with van der Waals surface area (Å²) >= 11 is 0. The van der Waals surface area contributed by atoms with Gasteiger partial charge in [-0.25, -0.2) is 0 Å². The molecule has 0 saturated heterocycles. The molecular weight excluding hydrogens is 727 g/mol. The third-order valence-electron chi connectivity index (χ3n) is 10.1. The van der Waals surface area contributed by atoms with Crippen LogP contribution in [-0.2, 0) is 28.6 Å². The van der Waals surface area contributed by atoms with Gasteiger partial charge in [0.1, 0.15) is 12.6 Å². The zero-order chi connectivity index (χ0) is 42.8. The molecule has 0 aromatic carbocycles. The Bertz CT molecular complexity index is 1130. The van der Waals surface area contributed by atoms with Crippen LogP contribution in [0.3, 0.4) is 0 Å². The number of hydrogen-bond donors (Lipinski definition) is 0. The molecule has 0 N–H and O–H groups in total. The largest absolute Gasteiger partial charge is 0.544 e. The fourth-order valence-corrected chi connectivity index (χ4v) is 6.53. The van der Waals surface area contributed by atoms with Gasteiger partial charge in [0.05, 0.1) is 40.3 Å². The van der Waals surface area contributed by atoms with E-state index in [1.54, 1.807) is 21.1 Å². The van der Waals surface area contributed by atoms with E-state index in [-0.39, 0.29) is 49.1 Å². The zero-order valence-electron chi connectivity index (χ0n) is 37.9. The lowest BCUT2D eigenvalue weighted by Crippen LogP contribution is -2.55. The topological polar surface area (TPSA) is 102 Å². The number of aliphatic carboxylic acids is 1. The molecule has 58 heavy (non-hydrogen) atoms. The lowest BCUT2D eigenvalue weighted by Gasteiger charge is -2.34. The fourth-order valence-electron chi connectivity index (χ4n) is 6.53. The number of rotatable bonds is 41. The Morgan fingerprint density at radius 3 is 1.47 bits per heavy atom. The van der Waals surface area contributed by atoms with Gasteiger partial charge in [-0.3, -0.25) is 9.59 Å². The van der Waals surface area contributed by atoms with Crippen molar-refractivity contribution in [1.82, 2.24) is 0 Å². The van der Waals surface area contributed by atoms with E-state index in [1.165, 1.54) is 70.6 Å². The summed E-state index contributed by atoms with van der Waals surface area (Å²) in [6, 6.07) is -0.735. The number of quaternary nitrogens is 1. The average molecular weight is 814 g/mol. The van der Waals surface area contributed by atoms with E-state index in [0.29, 0.717) is 12.8 Å². The van der Waals surface area contributed by atoms with Gasteiger partial charge in [-0.05, 0) is 77.0 Å². The van der Waals surface area contributed by atoms with Crippen molar-refractivity contribution in [2.75, 3.05) is 41.0 Å². The van der Waals surface area contributed by atoms with E-state index in [2.05, 4.69) is 74.6 Å². The number of carbonyl (C=O) groups is 3. The van der Waals surface area contributed by atoms with Crippen LogP contribution >= 0.6 is 0 Å². The molecule has 8 nitrogen and oxygen atoms in total. The summed E-state index contributed by atoms with van der Waals surface area (Å²) in [5.74, 6) is -1.79. The molecular formula is C50H87NO7. The van der Waals surface area contributed by atoms with Gasteiger partial charge in [-0.15, -0.1) is 0 Å². The molecule has 8 heteroatoms. The van der Waals surface area contributed by atoms with Crippen LogP contribution in [0.2, 0.25) is 0 Å². The molecule has 0 saturated carbocycles. The number of carboxylic acids is 1. The minimum atomic E-state index is -1.13. The number of likely N-dealkylation sites (N-methyl/N-ethyl adjacent to an activating group) is 1. The summed E-state index contributed by atoms with van der Waals surface area (Å²) in [4.78, 5) is 36.9. The predicted molar refractivity (Wildman–Crippen MR) is 240 cm³/mol. The Hall–Kier alpha value is -2.97. The summed E-state index contributed by atoms with van der Waals surface area (Å²) in [7, 11) is 5.39. The van der Waals surface area contributed by atoms with Crippen molar-refractivity contribution in [2.45, 2.75) is 199 Å². The summed E-state index contributed by atoms with van der Waals surface area (Å²) < 4.78 is 17.1. The second-order valence-corrected chi connectivity index (χ2v) is 16.6. The highest BCUT2D eigenvalue weighted by atomic mass is 16.6. The molecule has 0 rings (SSSR count). The Kier molecular flexibility index (Phi) is 38.7. The van der Waals surface area contributed by atoms with Crippen molar-refractivity contribution in [3.63, 3.8) is 0 Å². The standard InChI is InChI=1S/C50H87NO7/c1-6-8-10-12-14-16-18-20-22-24-25-27-28-30-32-34-36-38-40-48(52)57-45-46(44-56-43-42-47(50(54)55)51(3,4)5)58-49(53)41-39-37-35-33-31-29-26-23-21-19-17-15-13-11-9-7-2/h9,11,15,17,21,23,25,27,29,31,46-47H,6-8,10,12-14,16,18-20,22,24,26,28,30,32-45H2,1-5H3/b11-9+,17-15+,23-21+,27-25+,31-29+. The first-order valence-corrected chi connectivity index (χ1v) is 23.3. The molecule has 0 heterocycles. The molecule has 0 bridgehead atoms. The van der Waals surface area contributed by atoms with Crippen LogP contribution in [-0.4, -0.2) is 75.5 Å². The summed E-state index contributed by atoms with van der Waals surface area (Å²) in [6.45, 7) is 4.51. The maximum atomic E-state index is 12.7. The van der Waals surface area contributed by atoms with Crippen LogP contribution in [0.4, 0.5) is 0 Å². The van der Waals surface area contributed by atoms with Crippen molar-refractivity contribution < 1.29 is 38.2 Å². The first-order valence-electron chi connectivity index (χ1n) is 23.3. The second-order valence-electron chi connectivity index (χ2n) is 16.6. The van der Waals surface area contributed by atoms with Gasteiger partial charge in [0, 0.05) is 19.3 Å². The van der Waals surface area contributed by atoms with Gasteiger partial charge in [-0.1, -0.05) is 152 Å². The average Bonchev–Trinajstić information content (AvgIpc) is 3.18. The number of allylic oxidation sites excluding steroid dienone is 10. The molecule has 0 radical (unpaired) electrons. The van der Waals surface area contributed by atoms with Gasteiger partial charge in [0.25, 0.3) is 0 Å². The quantitative estimate of drug-likeness (QED) is 0.0262. The van der Waals surface area contributed by atoms with E-state index in [9.17, 15) is 19.5 Å². The Labute approximate surface area is 356 Å². The van der Waals surface area contributed by atoms with Crippen LogP contribution in [0, 0.1) is 0 Å². The van der Waals surface area contributed by atoms with Crippen LogP contribution in [0.15, 0.2) is 60.8 Å². The van der Waals surface area contributed by atoms with E-state index < -0.39 is 18.1 Å². The molecule has 0 aliphatic carbocycles. The summed E-state index contributed by atoms with van der Waals surface area (Å²) in [5.41, 5.74) is 0. The molecule has 2 atom stereocenters. The monoisotopic (exact) mass is 814 g/mol. The van der Waals surface area contributed by atoms with Gasteiger partial charge < -0.3 is 28.6 Å². The van der Waals surface area contributed by atoms with Crippen LogP contribution in [0.5, 0.6) is 0 Å². The van der Waals surface area contributed by atoms with E-state index >= 15 is 0 Å². The van der Waals surface area contributed by atoms with Crippen LogP contribution < -0.4 is 5.11 Å². The molecule has 0 aliphatic heterocycles. The highest BCUT2D eigenvalue weighted by Crippen LogP contribution is 2.13. The highest BCUT2D eigenvalue weighted by molar-refractivity contribution is 5.70. The first-order chi connectivity index (χ1) is 28.1. The molecule has 0 aromatic heterocycles. The number of unbranched alkanes of at least 4 members (excludes halogenated alkanes) is 17. The molecule has 0 aromatic rings. The molecule has 334 valence electrons. The minimum absolute atomic E-state index is 0.0232. The van der Waals surface area contributed by atoms with Gasteiger partial charge in [-0.2, -0.15) is 0 Å². The van der Waals surface area contributed by atoms with Crippen LogP contribution in [0.1, 0.15) is 187 Å². The third-order valence-corrected chi connectivity index (χ3v) is 10.1. The maximum absolute atomic E-state index is 12.7. The SMILES string of the molecule is CC/C=C/C/C=C/C/C=C/C/C=C/CCCCCC(=O)OC(COCCC(C(=O)[O-])[N+](C)(C)C)COC(=O)CCCCCCC/C=C/CCCCCCCCCCC. The Morgan fingerprint density at radius 2 is 0.966 bits per heavy atom. The van der Waals surface area contributed by atoms with E-state index in [4.69, 9.17) is 14.2 Å². The van der Waals surface area contributed by atoms with Crippen molar-refractivity contribution >= 4 is 17.9 Å². The van der Waals surface area contributed by atoms with E-state index in [0.717, 1.165) is 77.0 Å². The molecule has 2 unspecified atom stereocenters. The minimum Gasteiger partial charge on any atom is -0.544 e. The highest BCUT2D eigenvalue weighted by Gasteiger charge is 2.25. The number of nitrogens with zero attached hydrogens (tertiary/aromatic N) is 1. The predicted octanol–water partition coefficient (Wildman–Crippen LogP) is 11.6. The van der Waals surface area contributed by atoms with Gasteiger partial charge >= 0.3 is 11.9 Å². The van der Waals surface area contributed by atoms with Crippen molar-refractivity contribution in [3.8, 4) is 0 Å². The summed E-state index contributed by atoms with van der Waals surface area (Å²) in [6.07, 6.45) is 49.6. The smallest absolute Gasteiger partial charge is 0.306 e. The first kappa shape index (κ1) is 55.0. The second kappa shape index (κ2) is 40.8.